The van der Waals surface area contributed by atoms with E-state index in [-0.39, 0.29) is 12.5 Å². The first-order valence-electron chi connectivity index (χ1n) is 7.06. The summed E-state index contributed by atoms with van der Waals surface area (Å²) in [5, 5.41) is 2.76. The maximum absolute atomic E-state index is 11.7. The van der Waals surface area contributed by atoms with Gasteiger partial charge in [0.25, 0.3) is 0 Å². The second-order valence-electron chi connectivity index (χ2n) is 4.72. The number of hydrogen-bond acceptors (Lipinski definition) is 3. The highest BCUT2D eigenvalue weighted by Crippen LogP contribution is 2.07. The van der Waals surface area contributed by atoms with E-state index < -0.39 is 0 Å². The maximum atomic E-state index is 11.7. The molecule has 0 saturated heterocycles. The number of nitrogens with one attached hydrogen (secondary N) is 1. The summed E-state index contributed by atoms with van der Waals surface area (Å²) in [6.45, 7) is 2.52. The number of carbonyl (C=O) groups excluding carboxylic acids is 1. The van der Waals surface area contributed by atoms with Crippen LogP contribution in [0.5, 0.6) is 5.75 Å². The lowest BCUT2D eigenvalue weighted by atomic mass is 10.1. The number of aromatic nitrogens is 1. The van der Waals surface area contributed by atoms with Gasteiger partial charge in [0.1, 0.15) is 12.4 Å². The number of benzene rings is 1. The maximum Gasteiger partial charge on any atom is 0.225 e. The monoisotopic (exact) mass is 294 g/mol. The Morgan fingerprint density at radius 2 is 2.00 bits per heavy atom. The summed E-state index contributed by atoms with van der Waals surface area (Å²) in [4.78, 5) is 15.8. The molecule has 0 radical (unpaired) electrons. The molecule has 112 valence electrons. The fraction of sp³-hybridized carbons (Fsp3) is 0.222. The zero-order valence-corrected chi connectivity index (χ0v) is 12.5. The van der Waals surface area contributed by atoms with Crippen molar-refractivity contribution >= 4 is 5.91 Å². The molecule has 1 aromatic heterocycles. The van der Waals surface area contributed by atoms with E-state index >= 15 is 0 Å². The van der Waals surface area contributed by atoms with Gasteiger partial charge in [-0.15, -0.1) is 0 Å². The molecule has 2 aromatic rings. The molecule has 4 heteroatoms. The van der Waals surface area contributed by atoms with Crippen LogP contribution in [0, 0.1) is 18.8 Å². The van der Waals surface area contributed by atoms with E-state index in [9.17, 15) is 4.79 Å². The van der Waals surface area contributed by atoms with Crippen LogP contribution in [0.4, 0.5) is 0 Å². The lowest BCUT2D eigenvalue weighted by Crippen LogP contribution is -2.25. The van der Waals surface area contributed by atoms with Crippen LogP contribution in [0.3, 0.4) is 0 Å². The van der Waals surface area contributed by atoms with Gasteiger partial charge in [0, 0.05) is 5.69 Å². The van der Waals surface area contributed by atoms with Gasteiger partial charge < -0.3 is 10.1 Å². The molecule has 1 aromatic carbocycles. The van der Waals surface area contributed by atoms with Gasteiger partial charge in [0.15, 0.2) is 0 Å². The lowest BCUT2D eigenvalue weighted by Gasteiger charge is -2.02. The fourth-order valence-electron chi connectivity index (χ4n) is 1.76. The predicted octanol–water partition coefficient (Wildman–Crippen LogP) is 2.13. The molecule has 0 aliphatic rings. The Labute approximate surface area is 130 Å². The molecule has 0 unspecified atom stereocenters. The van der Waals surface area contributed by atoms with E-state index in [4.69, 9.17) is 4.74 Å². The highest BCUT2D eigenvalue weighted by atomic mass is 16.5. The van der Waals surface area contributed by atoms with E-state index in [1.807, 2.05) is 49.4 Å². The molecule has 1 amide bonds. The van der Waals surface area contributed by atoms with Crippen molar-refractivity contribution in [2.75, 3.05) is 13.2 Å². The van der Waals surface area contributed by atoms with E-state index in [2.05, 4.69) is 22.1 Å². The number of amides is 1. The number of pyridine rings is 1. The van der Waals surface area contributed by atoms with Crippen molar-refractivity contribution in [2.45, 2.75) is 13.3 Å². The number of rotatable bonds is 5. The van der Waals surface area contributed by atoms with Gasteiger partial charge >= 0.3 is 0 Å². The molecule has 1 N–H and O–H groups in total. The number of hydrogen-bond donors (Lipinski definition) is 1. The van der Waals surface area contributed by atoms with Gasteiger partial charge in [-0.1, -0.05) is 42.2 Å². The second kappa shape index (κ2) is 8.48. The summed E-state index contributed by atoms with van der Waals surface area (Å²) in [7, 11) is 0. The number of nitrogens with zero attached hydrogens (tertiary/aromatic N) is 1. The van der Waals surface area contributed by atoms with E-state index in [1.54, 1.807) is 6.20 Å². The summed E-state index contributed by atoms with van der Waals surface area (Å²) in [5.74, 6) is 6.36. The van der Waals surface area contributed by atoms with Crippen molar-refractivity contribution < 1.29 is 9.53 Å². The summed E-state index contributed by atoms with van der Waals surface area (Å²) in [5.41, 5.74) is 1.93. The summed E-state index contributed by atoms with van der Waals surface area (Å²) >= 11 is 0. The zero-order chi connectivity index (χ0) is 15.6. The average Bonchev–Trinajstić information content (AvgIpc) is 2.53. The summed E-state index contributed by atoms with van der Waals surface area (Å²) < 4.78 is 5.41. The van der Waals surface area contributed by atoms with Gasteiger partial charge in [0.05, 0.1) is 19.2 Å². The van der Waals surface area contributed by atoms with Crippen molar-refractivity contribution in [3.05, 3.63) is 59.9 Å². The summed E-state index contributed by atoms with van der Waals surface area (Å²) in [6, 6.07) is 13.3. The Bertz CT molecular complexity index is 655. The minimum absolute atomic E-state index is 0.0378. The minimum atomic E-state index is -0.0378. The Morgan fingerprint density at radius 1 is 1.18 bits per heavy atom. The second-order valence-corrected chi connectivity index (χ2v) is 4.72. The van der Waals surface area contributed by atoms with Crippen molar-refractivity contribution in [1.82, 2.24) is 10.3 Å². The van der Waals surface area contributed by atoms with Crippen molar-refractivity contribution in [3.8, 4) is 17.6 Å². The van der Waals surface area contributed by atoms with Gasteiger partial charge in [0.2, 0.25) is 5.91 Å². The largest absolute Gasteiger partial charge is 0.479 e. The first-order chi connectivity index (χ1) is 10.7. The van der Waals surface area contributed by atoms with Crippen LogP contribution in [0.2, 0.25) is 0 Å². The Morgan fingerprint density at radius 3 is 2.73 bits per heavy atom. The van der Waals surface area contributed by atoms with Crippen molar-refractivity contribution in [2.24, 2.45) is 0 Å². The molecule has 1 heterocycles. The molecule has 0 fully saturated rings. The molecular formula is C18H18N2O2. The molecule has 0 saturated carbocycles. The van der Waals surface area contributed by atoms with E-state index in [1.165, 1.54) is 0 Å². The molecule has 22 heavy (non-hydrogen) atoms. The Balaban J connectivity index is 1.64. The van der Waals surface area contributed by atoms with E-state index in [0.29, 0.717) is 18.7 Å². The third-order valence-corrected chi connectivity index (χ3v) is 2.90. The predicted molar refractivity (Wildman–Crippen MR) is 85.4 cm³/mol. The van der Waals surface area contributed by atoms with Crippen LogP contribution in [0.1, 0.15) is 11.3 Å². The molecule has 0 aliphatic carbocycles. The third-order valence-electron chi connectivity index (χ3n) is 2.90. The molecule has 2 rings (SSSR count). The van der Waals surface area contributed by atoms with Gasteiger partial charge in [-0.25, -0.2) is 0 Å². The fourth-order valence-corrected chi connectivity index (χ4v) is 1.76. The van der Waals surface area contributed by atoms with E-state index in [0.717, 1.165) is 11.3 Å². The number of ether oxygens (including phenoxy) is 1. The van der Waals surface area contributed by atoms with Crippen LogP contribution in [0.25, 0.3) is 0 Å². The van der Waals surface area contributed by atoms with Gasteiger partial charge in [-0.2, -0.15) is 0 Å². The quantitative estimate of drug-likeness (QED) is 0.860. The lowest BCUT2D eigenvalue weighted by molar-refractivity contribution is -0.120. The number of aryl methyl sites for hydroxylation is 1. The minimum Gasteiger partial charge on any atom is -0.479 e. The highest BCUT2D eigenvalue weighted by molar-refractivity contribution is 5.78. The molecule has 0 aliphatic heterocycles. The molecule has 0 atom stereocenters. The highest BCUT2D eigenvalue weighted by Gasteiger charge is 2.00. The van der Waals surface area contributed by atoms with Crippen LogP contribution in [0.15, 0.2) is 48.7 Å². The van der Waals surface area contributed by atoms with Gasteiger partial charge in [-0.3, -0.25) is 9.78 Å². The van der Waals surface area contributed by atoms with Crippen LogP contribution in [-0.2, 0) is 11.2 Å². The van der Waals surface area contributed by atoms with Crippen LogP contribution in [-0.4, -0.2) is 24.0 Å². The van der Waals surface area contributed by atoms with Crippen LogP contribution < -0.4 is 10.1 Å². The molecular weight excluding hydrogens is 276 g/mol. The first-order valence-corrected chi connectivity index (χ1v) is 7.06. The zero-order valence-electron chi connectivity index (χ0n) is 12.5. The smallest absolute Gasteiger partial charge is 0.225 e. The summed E-state index contributed by atoms with van der Waals surface area (Å²) in [6.07, 6.45) is 2.03. The Kier molecular flexibility index (Phi) is 6.01. The standard InChI is InChI=1S/C18H18N2O2/c1-15-9-10-17(14-20-15)22-12-6-5-11-19-18(21)13-16-7-3-2-4-8-16/h2-4,7-10,14H,11-13H2,1H3,(H,19,21). The topological polar surface area (TPSA) is 51.2 Å². The molecule has 0 bridgehead atoms. The molecule has 0 spiro atoms. The first kappa shape index (κ1) is 15.6. The SMILES string of the molecule is Cc1ccc(OCC#CCNC(=O)Cc2ccccc2)cn1. The third kappa shape index (κ3) is 5.68. The molecule has 4 nitrogen and oxygen atoms in total. The average molecular weight is 294 g/mol. The normalized spacial score (nSPS) is 9.50. The number of carbonyl (C=O) groups is 1. The van der Waals surface area contributed by atoms with Crippen molar-refractivity contribution in [1.29, 1.82) is 0 Å². The van der Waals surface area contributed by atoms with Gasteiger partial charge in [-0.05, 0) is 24.6 Å². The Hall–Kier alpha value is -2.80. The van der Waals surface area contributed by atoms with Crippen molar-refractivity contribution in [3.63, 3.8) is 0 Å². The van der Waals surface area contributed by atoms with Crippen LogP contribution >= 0.6 is 0 Å².